The molecular weight excluding hydrogens is 757 g/mol. The van der Waals surface area contributed by atoms with Crippen molar-refractivity contribution in [3.63, 3.8) is 0 Å². The summed E-state index contributed by atoms with van der Waals surface area (Å²) < 4.78 is 16.7. The van der Waals surface area contributed by atoms with E-state index in [0.717, 1.165) is 64.2 Å². The first-order valence-electron chi connectivity index (χ1n) is 25.8. The van der Waals surface area contributed by atoms with Gasteiger partial charge in [-0.2, -0.15) is 0 Å². The van der Waals surface area contributed by atoms with Crippen LogP contribution in [0.4, 0.5) is 0 Å². The Morgan fingerprint density at radius 2 is 0.623 bits per heavy atom. The maximum absolute atomic E-state index is 12.7. The number of ether oxygens (including phenoxy) is 3. The summed E-state index contributed by atoms with van der Waals surface area (Å²) in [4.78, 5) is 37.9. The number of allylic oxidation sites excluding steroid dienone is 10. The molecule has 0 aliphatic heterocycles. The molecule has 0 fully saturated rings. The normalized spacial score (nSPS) is 12.5. The standard InChI is InChI=1S/C55H96O6/c1-4-7-10-13-16-19-22-24-25-26-27-28-29-31-34-36-39-42-45-48-54(57)60-51-52(61-55(58)49-46-43-40-37-32-21-18-15-12-9-6-3)50-59-53(56)47-44-41-38-35-33-30-23-20-17-14-11-8-5-2/h16,19,24-25,27-28,31,34,39,42,52H,4-15,17-18,20-23,26,29-30,32-33,35-38,40-41,43-51H2,1-3H3/b19-16-,25-24-,28-27-,34-31-,42-39-/t52-/m0/s1. The first-order valence-corrected chi connectivity index (χ1v) is 25.8. The summed E-state index contributed by atoms with van der Waals surface area (Å²) in [6.07, 6.45) is 60.7. The minimum Gasteiger partial charge on any atom is -0.462 e. The van der Waals surface area contributed by atoms with Gasteiger partial charge in [-0.3, -0.25) is 14.4 Å². The SMILES string of the molecule is CCCCC/C=C\C/C=C\C/C=C\C/C=C\C/C=C\CCC(=O)OC[C@H](COC(=O)CCCCCCCCCCCCCCC)OC(=O)CCCCCCCCCCCCC. The van der Waals surface area contributed by atoms with Crippen molar-refractivity contribution in [3.05, 3.63) is 60.8 Å². The van der Waals surface area contributed by atoms with Crippen LogP contribution in [0.25, 0.3) is 0 Å². The van der Waals surface area contributed by atoms with Gasteiger partial charge in [0.2, 0.25) is 0 Å². The highest BCUT2D eigenvalue weighted by Gasteiger charge is 2.19. The van der Waals surface area contributed by atoms with Crippen molar-refractivity contribution in [2.45, 2.75) is 258 Å². The Morgan fingerprint density at radius 3 is 1.02 bits per heavy atom. The number of hydrogen-bond acceptors (Lipinski definition) is 6. The summed E-state index contributed by atoms with van der Waals surface area (Å²) in [5.41, 5.74) is 0. The molecule has 352 valence electrons. The van der Waals surface area contributed by atoms with E-state index in [0.29, 0.717) is 19.3 Å². The van der Waals surface area contributed by atoms with Gasteiger partial charge in [0.15, 0.2) is 6.10 Å². The maximum atomic E-state index is 12.7. The van der Waals surface area contributed by atoms with Gasteiger partial charge in [0, 0.05) is 19.3 Å². The molecule has 0 aromatic rings. The number of carbonyl (C=O) groups excluding carboxylic acids is 3. The summed E-state index contributed by atoms with van der Waals surface area (Å²) in [5.74, 6) is -0.975. The third-order valence-corrected chi connectivity index (χ3v) is 11.0. The Kier molecular flexibility index (Phi) is 47.4. The average Bonchev–Trinajstić information content (AvgIpc) is 3.26. The Labute approximate surface area is 377 Å². The Morgan fingerprint density at radius 1 is 0.328 bits per heavy atom. The van der Waals surface area contributed by atoms with Crippen molar-refractivity contribution in [2.24, 2.45) is 0 Å². The lowest BCUT2D eigenvalue weighted by atomic mass is 10.0. The third kappa shape index (κ3) is 48.0. The summed E-state index contributed by atoms with van der Waals surface area (Å²) in [5, 5.41) is 0. The molecule has 0 spiro atoms. The summed E-state index contributed by atoms with van der Waals surface area (Å²) in [6.45, 7) is 6.54. The van der Waals surface area contributed by atoms with Crippen LogP contribution in [0.3, 0.4) is 0 Å². The molecule has 1 atom stereocenters. The molecule has 0 aliphatic rings. The van der Waals surface area contributed by atoms with Crippen LogP contribution in [0.1, 0.15) is 252 Å². The third-order valence-electron chi connectivity index (χ3n) is 11.0. The van der Waals surface area contributed by atoms with E-state index in [2.05, 4.69) is 75.5 Å². The van der Waals surface area contributed by atoms with E-state index < -0.39 is 6.10 Å². The van der Waals surface area contributed by atoms with Crippen molar-refractivity contribution in [2.75, 3.05) is 13.2 Å². The molecule has 0 rings (SSSR count). The summed E-state index contributed by atoms with van der Waals surface area (Å²) in [7, 11) is 0. The van der Waals surface area contributed by atoms with Crippen LogP contribution in [0, 0.1) is 0 Å². The highest BCUT2D eigenvalue weighted by molar-refractivity contribution is 5.71. The van der Waals surface area contributed by atoms with E-state index in [1.54, 1.807) is 0 Å². The van der Waals surface area contributed by atoms with Gasteiger partial charge >= 0.3 is 17.9 Å². The maximum Gasteiger partial charge on any atom is 0.306 e. The first kappa shape index (κ1) is 58.1. The van der Waals surface area contributed by atoms with Gasteiger partial charge in [0.05, 0.1) is 0 Å². The molecule has 0 amide bonds. The molecule has 0 N–H and O–H groups in total. The van der Waals surface area contributed by atoms with E-state index >= 15 is 0 Å². The van der Waals surface area contributed by atoms with E-state index in [1.807, 2.05) is 6.08 Å². The van der Waals surface area contributed by atoms with Gasteiger partial charge in [-0.25, -0.2) is 0 Å². The lowest BCUT2D eigenvalue weighted by molar-refractivity contribution is -0.166. The molecule has 6 nitrogen and oxygen atoms in total. The van der Waals surface area contributed by atoms with E-state index in [4.69, 9.17) is 14.2 Å². The van der Waals surface area contributed by atoms with Gasteiger partial charge in [-0.05, 0) is 57.8 Å². The molecule has 0 unspecified atom stereocenters. The van der Waals surface area contributed by atoms with Crippen molar-refractivity contribution < 1.29 is 28.6 Å². The second kappa shape index (κ2) is 49.8. The Balaban J connectivity index is 4.44. The van der Waals surface area contributed by atoms with Crippen LogP contribution >= 0.6 is 0 Å². The van der Waals surface area contributed by atoms with Crippen molar-refractivity contribution in [1.82, 2.24) is 0 Å². The van der Waals surface area contributed by atoms with Crippen molar-refractivity contribution in [1.29, 1.82) is 0 Å². The smallest absolute Gasteiger partial charge is 0.306 e. The molecule has 0 saturated heterocycles. The minimum atomic E-state index is -0.798. The molecule has 0 aromatic carbocycles. The highest BCUT2D eigenvalue weighted by Crippen LogP contribution is 2.15. The van der Waals surface area contributed by atoms with Crippen LogP contribution in [0.2, 0.25) is 0 Å². The molecule has 0 bridgehead atoms. The van der Waals surface area contributed by atoms with Crippen molar-refractivity contribution in [3.8, 4) is 0 Å². The number of carbonyl (C=O) groups is 3. The van der Waals surface area contributed by atoms with Gasteiger partial charge in [0.1, 0.15) is 13.2 Å². The number of hydrogen-bond donors (Lipinski definition) is 0. The van der Waals surface area contributed by atoms with E-state index in [1.165, 1.54) is 141 Å². The van der Waals surface area contributed by atoms with Crippen LogP contribution in [0.15, 0.2) is 60.8 Å². The second-order valence-corrected chi connectivity index (χ2v) is 17.1. The predicted molar refractivity (Wildman–Crippen MR) is 261 cm³/mol. The average molecular weight is 853 g/mol. The minimum absolute atomic E-state index is 0.0937. The Bertz CT molecular complexity index is 1120. The lowest BCUT2D eigenvalue weighted by Gasteiger charge is -2.18. The number of rotatable bonds is 46. The Hall–Kier alpha value is -2.89. The molecule has 0 heterocycles. The van der Waals surface area contributed by atoms with Gasteiger partial charge < -0.3 is 14.2 Å². The molecule has 6 heteroatoms. The fraction of sp³-hybridized carbons (Fsp3) is 0.764. The highest BCUT2D eigenvalue weighted by atomic mass is 16.6. The largest absolute Gasteiger partial charge is 0.462 e. The first-order chi connectivity index (χ1) is 30.0. The lowest BCUT2D eigenvalue weighted by Crippen LogP contribution is -2.30. The van der Waals surface area contributed by atoms with Gasteiger partial charge in [-0.15, -0.1) is 0 Å². The zero-order chi connectivity index (χ0) is 44.4. The molecular formula is C55H96O6. The molecule has 0 aliphatic carbocycles. The zero-order valence-electron chi connectivity index (χ0n) is 40.2. The van der Waals surface area contributed by atoms with E-state index in [9.17, 15) is 14.4 Å². The molecule has 0 radical (unpaired) electrons. The van der Waals surface area contributed by atoms with E-state index in [-0.39, 0.29) is 37.5 Å². The van der Waals surface area contributed by atoms with Crippen LogP contribution < -0.4 is 0 Å². The quantitative estimate of drug-likeness (QED) is 0.0263. The van der Waals surface area contributed by atoms with Gasteiger partial charge in [0.25, 0.3) is 0 Å². The fourth-order valence-electron chi connectivity index (χ4n) is 7.13. The van der Waals surface area contributed by atoms with Crippen LogP contribution in [-0.4, -0.2) is 37.2 Å². The molecule has 0 saturated carbocycles. The summed E-state index contributed by atoms with van der Waals surface area (Å²) in [6, 6.07) is 0. The number of esters is 3. The van der Waals surface area contributed by atoms with Crippen molar-refractivity contribution >= 4 is 17.9 Å². The molecule has 0 aromatic heterocycles. The fourth-order valence-corrected chi connectivity index (χ4v) is 7.13. The number of unbranched alkanes of at least 4 members (excludes halogenated alkanes) is 25. The predicted octanol–water partition coefficient (Wildman–Crippen LogP) is 16.9. The topological polar surface area (TPSA) is 78.9 Å². The molecule has 61 heavy (non-hydrogen) atoms. The van der Waals surface area contributed by atoms with Crippen LogP contribution in [0.5, 0.6) is 0 Å². The zero-order valence-corrected chi connectivity index (χ0v) is 40.2. The monoisotopic (exact) mass is 853 g/mol. The van der Waals surface area contributed by atoms with Gasteiger partial charge in [-0.1, -0.05) is 236 Å². The van der Waals surface area contributed by atoms with Crippen LogP contribution in [-0.2, 0) is 28.6 Å². The summed E-state index contributed by atoms with van der Waals surface area (Å²) >= 11 is 0. The second-order valence-electron chi connectivity index (χ2n) is 17.1.